The monoisotopic (exact) mass is 568 g/mol. The molecule has 0 bridgehead atoms. The third kappa shape index (κ3) is 3.22. The average molecular weight is 569 g/mol. The quantitative estimate of drug-likeness (QED) is 0.188. The van der Waals surface area contributed by atoms with E-state index in [0.29, 0.717) is 0 Å². The molecule has 1 aliphatic heterocycles. The average Bonchev–Trinajstić information content (AvgIpc) is 3.29. The predicted molar refractivity (Wildman–Crippen MR) is 182 cm³/mol. The highest BCUT2D eigenvalue weighted by Gasteiger charge is 2.22. The summed E-state index contributed by atoms with van der Waals surface area (Å²) in [5.41, 5.74) is -3.87. The van der Waals surface area contributed by atoms with Crippen LogP contribution in [0.25, 0.3) is 87.2 Å². The van der Waals surface area contributed by atoms with Gasteiger partial charge >= 0.3 is 0 Å². The predicted octanol–water partition coefficient (Wildman–Crippen LogP) is 12.0. The van der Waals surface area contributed by atoms with Crippen LogP contribution in [-0.2, 0) is 0 Å². The molecule has 0 spiro atoms. The van der Waals surface area contributed by atoms with Crippen LogP contribution in [0.4, 0.5) is 0 Å². The Balaban J connectivity index is 1.38. The molecule has 0 aliphatic carbocycles. The molecule has 0 atom stereocenters. The highest BCUT2D eigenvalue weighted by molar-refractivity contribution is 6.25. The molecule has 1 nitrogen and oxygen atoms in total. The third-order valence-electron chi connectivity index (χ3n) is 7.45. The molecule has 0 fully saturated rings. The van der Waals surface area contributed by atoms with Crippen molar-refractivity contribution in [1.82, 2.24) is 0 Å². The van der Waals surface area contributed by atoms with Gasteiger partial charge < -0.3 is 4.74 Å². The van der Waals surface area contributed by atoms with E-state index in [2.05, 4.69) is 0 Å². The van der Waals surface area contributed by atoms with Crippen molar-refractivity contribution in [3.63, 3.8) is 0 Å². The summed E-state index contributed by atoms with van der Waals surface area (Å²) in [4.78, 5) is 0. The molecule has 1 heteroatoms. The minimum absolute atomic E-state index is 0.242. The van der Waals surface area contributed by atoms with E-state index < -0.39 is 206 Å². The minimum Gasteiger partial charge on any atom is -0.456 e. The van der Waals surface area contributed by atoms with Crippen molar-refractivity contribution in [3.8, 4) is 44.9 Å². The Morgan fingerprint density at radius 1 is 0.349 bits per heavy atom. The van der Waals surface area contributed by atoms with Gasteiger partial charge in [-0.15, -0.1) is 0 Å². The minimum atomic E-state index is -0.981. The standard InChI is InChI=1S/C42H24O/c1-2-11-32-31(6-1)24-39-42-34(32)12-5-13-35(42)37-23-29(18-21-38(37)43-39)28-9-4-10-30(22-28)33-19-16-27-15-14-25-7-3-8-26-17-20-36(33)41(27)40(25)26/h1-24H/i1D,2D,3D,4D,5D,6D,7D,8D,9D,10D,11D,12D,13D,14D,15D,16D,17D,18D,19D,20D,21D,22D,23D,24D. The van der Waals surface area contributed by atoms with Crippen LogP contribution in [0.3, 0.4) is 0 Å². The molecular weight excluding hydrogens is 520 g/mol. The van der Waals surface area contributed by atoms with Gasteiger partial charge in [0.1, 0.15) is 11.5 Å². The summed E-state index contributed by atoms with van der Waals surface area (Å²) in [5.74, 6) is -1.16. The molecular formula is C42H24O. The molecule has 9 aromatic carbocycles. The molecule has 10 rings (SSSR count). The largest absolute Gasteiger partial charge is 0.456 e. The lowest BCUT2D eigenvalue weighted by molar-refractivity contribution is 0.488. The van der Waals surface area contributed by atoms with Gasteiger partial charge in [-0.25, -0.2) is 0 Å². The van der Waals surface area contributed by atoms with Crippen LogP contribution in [0.15, 0.2) is 145 Å². The number of hydrogen-bond donors (Lipinski definition) is 0. The van der Waals surface area contributed by atoms with Crippen molar-refractivity contribution >= 4 is 53.9 Å². The van der Waals surface area contributed by atoms with Gasteiger partial charge in [0.25, 0.3) is 0 Å². The molecule has 0 aromatic heterocycles. The van der Waals surface area contributed by atoms with Crippen LogP contribution in [0, 0.1) is 0 Å². The number of benzene rings is 9. The summed E-state index contributed by atoms with van der Waals surface area (Å²) in [7, 11) is 0. The van der Waals surface area contributed by atoms with Crippen LogP contribution in [0.1, 0.15) is 32.9 Å². The van der Waals surface area contributed by atoms with Crippen LogP contribution in [-0.4, -0.2) is 0 Å². The van der Waals surface area contributed by atoms with Crippen LogP contribution in [0.2, 0.25) is 0 Å². The van der Waals surface area contributed by atoms with Crippen molar-refractivity contribution in [2.45, 2.75) is 0 Å². The van der Waals surface area contributed by atoms with Crippen molar-refractivity contribution < 1.29 is 37.6 Å². The van der Waals surface area contributed by atoms with Gasteiger partial charge in [0.05, 0.1) is 32.9 Å². The molecule has 0 N–H and O–H groups in total. The number of hydrogen-bond acceptors (Lipinski definition) is 1. The Morgan fingerprint density at radius 2 is 1.05 bits per heavy atom. The SMILES string of the molecule is [2H]c1c([2H])c(-c2c([2H])c([2H])c3c(c2[2H])-c2c([2H])c([2H])c([2H])c4c2c(c([2H])c2c([2H])c([2H])c([2H])c([2H])c24)O3)c([2H])c(-c2c([2H])c([2H])c3c([2H])c([2H])c4c([2H])c([2H])c([2H])c5c([2H])c([2H])c2c3c45)c1[2H]. The summed E-state index contributed by atoms with van der Waals surface area (Å²) in [6.45, 7) is 0. The fourth-order valence-electron chi connectivity index (χ4n) is 5.57. The van der Waals surface area contributed by atoms with E-state index in [1.54, 1.807) is 0 Å². The first kappa shape index (κ1) is 9.97. The Kier molecular flexibility index (Phi) is 1.96. The van der Waals surface area contributed by atoms with E-state index in [4.69, 9.17) is 29.4 Å². The second kappa shape index (κ2) is 8.44. The van der Waals surface area contributed by atoms with E-state index in [1.807, 2.05) is 0 Å². The first-order chi connectivity index (χ1) is 31.3. The summed E-state index contributed by atoms with van der Waals surface area (Å²) in [5, 5.41) is -3.65. The molecule has 1 aliphatic rings. The first-order valence-corrected chi connectivity index (χ1v) is 12.9. The molecule has 0 saturated heterocycles. The molecule has 1 heterocycles. The van der Waals surface area contributed by atoms with Crippen molar-refractivity contribution in [2.75, 3.05) is 0 Å². The zero-order chi connectivity index (χ0) is 49.0. The molecule has 0 saturated carbocycles. The highest BCUT2D eigenvalue weighted by Crippen LogP contribution is 2.49. The molecule has 198 valence electrons. The zero-order valence-corrected chi connectivity index (χ0v) is 21.4. The van der Waals surface area contributed by atoms with Gasteiger partial charge in [-0.1, -0.05) is 121 Å². The second-order valence-electron chi connectivity index (χ2n) is 9.76. The fourth-order valence-corrected chi connectivity index (χ4v) is 5.57. The summed E-state index contributed by atoms with van der Waals surface area (Å²) in [6.07, 6.45) is 0. The van der Waals surface area contributed by atoms with Crippen LogP contribution >= 0.6 is 0 Å². The molecule has 9 aromatic rings. The van der Waals surface area contributed by atoms with Gasteiger partial charge in [-0.05, 0) is 100 Å². The van der Waals surface area contributed by atoms with E-state index in [-0.39, 0.29) is 37.7 Å². The first-order valence-electron chi connectivity index (χ1n) is 24.9. The van der Waals surface area contributed by atoms with Crippen molar-refractivity contribution in [2.24, 2.45) is 0 Å². The third-order valence-corrected chi connectivity index (χ3v) is 7.45. The Bertz CT molecular complexity index is 3910. The number of ether oxygens (including phenoxy) is 1. The Morgan fingerprint density at radius 3 is 1.98 bits per heavy atom. The summed E-state index contributed by atoms with van der Waals surface area (Å²) < 4.78 is 221. The summed E-state index contributed by atoms with van der Waals surface area (Å²) in [6, 6.07) is -18.9. The maximum absolute atomic E-state index is 9.66. The lowest BCUT2D eigenvalue weighted by atomic mass is 9.88. The van der Waals surface area contributed by atoms with E-state index in [9.17, 15) is 8.22 Å². The molecule has 0 unspecified atom stereocenters. The maximum atomic E-state index is 9.66. The summed E-state index contributed by atoms with van der Waals surface area (Å²) >= 11 is 0. The van der Waals surface area contributed by atoms with Gasteiger partial charge in [-0.2, -0.15) is 0 Å². The second-order valence-corrected chi connectivity index (χ2v) is 9.76. The van der Waals surface area contributed by atoms with Crippen molar-refractivity contribution in [3.05, 3.63) is 145 Å². The Hall–Kier alpha value is -5.66. The number of rotatable bonds is 2. The lowest BCUT2D eigenvalue weighted by Crippen LogP contribution is -1.98. The smallest absolute Gasteiger partial charge is 0.136 e. The van der Waals surface area contributed by atoms with Gasteiger partial charge in [0.2, 0.25) is 0 Å². The molecule has 43 heavy (non-hydrogen) atoms. The fraction of sp³-hybridized carbons (Fsp3) is 0. The van der Waals surface area contributed by atoms with E-state index in [1.165, 1.54) is 0 Å². The lowest BCUT2D eigenvalue weighted by Gasteiger charge is -2.23. The normalized spacial score (nSPS) is 20.2. The highest BCUT2D eigenvalue weighted by atomic mass is 16.5. The van der Waals surface area contributed by atoms with Crippen molar-refractivity contribution in [1.29, 1.82) is 0 Å². The van der Waals surface area contributed by atoms with Gasteiger partial charge in [0, 0.05) is 10.9 Å². The topological polar surface area (TPSA) is 9.23 Å². The zero-order valence-electron chi connectivity index (χ0n) is 45.4. The van der Waals surface area contributed by atoms with E-state index in [0.717, 1.165) is 0 Å². The van der Waals surface area contributed by atoms with Gasteiger partial charge in [0.15, 0.2) is 0 Å². The van der Waals surface area contributed by atoms with Crippen LogP contribution in [0.5, 0.6) is 11.5 Å². The maximum Gasteiger partial charge on any atom is 0.136 e. The molecule has 0 radical (unpaired) electrons. The van der Waals surface area contributed by atoms with Gasteiger partial charge in [-0.3, -0.25) is 0 Å². The van der Waals surface area contributed by atoms with E-state index >= 15 is 0 Å². The molecule has 0 amide bonds. The van der Waals surface area contributed by atoms with Crippen LogP contribution < -0.4 is 4.74 Å². The Labute approximate surface area is 282 Å². The number of fused-ring (bicyclic) bond motifs is 4.